The van der Waals surface area contributed by atoms with Crippen LogP contribution in [0.4, 0.5) is 0 Å². The van der Waals surface area contributed by atoms with Gasteiger partial charge in [-0.1, -0.05) is 61.6 Å². The third-order valence-electron chi connectivity index (χ3n) is 3.23. The smallest absolute Gasteiger partial charge is 0.270 e. The van der Waals surface area contributed by atoms with Gasteiger partial charge in [-0.25, -0.2) is 0 Å². The number of hydrogen-bond acceptors (Lipinski definition) is 0. The average Bonchev–Trinajstić information content (AvgIpc) is 2.41. The zero-order valence-corrected chi connectivity index (χ0v) is 11.7. The maximum Gasteiger partial charge on any atom is 0.270 e. The maximum absolute atomic E-state index is 9.40. The highest BCUT2D eigenvalue weighted by atomic mass is 28.3. The Bertz CT molecular complexity index is 570. The third kappa shape index (κ3) is 2.32. The molecule has 0 saturated heterocycles. The summed E-state index contributed by atoms with van der Waals surface area (Å²) in [7, 11) is -1.95. The van der Waals surface area contributed by atoms with Crippen molar-refractivity contribution in [1.82, 2.24) is 0 Å². The monoisotopic (exact) mass is 252 g/mol. The molecule has 0 amide bonds. The van der Waals surface area contributed by atoms with E-state index in [0.29, 0.717) is 0 Å². The molecule has 0 bridgehead atoms. The summed E-state index contributed by atoms with van der Waals surface area (Å²) < 4.78 is 0. The van der Waals surface area contributed by atoms with Crippen molar-refractivity contribution < 1.29 is 4.79 Å². The molecule has 0 aliphatic heterocycles. The van der Waals surface area contributed by atoms with Crippen LogP contribution >= 0.6 is 0 Å². The Morgan fingerprint density at radius 2 is 1.39 bits per heavy atom. The van der Waals surface area contributed by atoms with Crippen LogP contribution in [0.1, 0.15) is 5.56 Å². The largest absolute Gasteiger partial charge is 0.362 e. The van der Waals surface area contributed by atoms with Gasteiger partial charge in [0, 0.05) is 0 Å². The number of nitrogens with zero attached hydrogens (tertiary/aromatic N) is 2. The second-order valence-corrected chi connectivity index (χ2v) is 9.11. The first kappa shape index (κ1) is 12.5. The SMILES string of the molecule is C[Si](C)(C(=[N+]=[N-])c1ccccc1)c1ccccc1. The molecule has 0 aromatic heterocycles. The van der Waals surface area contributed by atoms with Gasteiger partial charge in [0.1, 0.15) is 0 Å². The molecule has 0 atom stereocenters. The van der Waals surface area contributed by atoms with E-state index in [1.165, 1.54) is 5.19 Å². The third-order valence-corrected chi connectivity index (χ3v) is 6.58. The lowest BCUT2D eigenvalue weighted by Crippen LogP contribution is -2.50. The average molecular weight is 252 g/mol. The first-order chi connectivity index (χ1) is 8.66. The first-order valence-electron chi connectivity index (χ1n) is 5.99. The van der Waals surface area contributed by atoms with E-state index in [4.69, 9.17) is 0 Å². The molecule has 3 heteroatoms. The van der Waals surface area contributed by atoms with Gasteiger partial charge in [0.25, 0.3) is 5.33 Å². The van der Waals surface area contributed by atoms with E-state index in [2.05, 4.69) is 30.0 Å². The Labute approximate surface area is 109 Å². The highest BCUT2D eigenvalue weighted by Gasteiger charge is 2.38. The number of hydrogen-bond donors (Lipinski definition) is 0. The van der Waals surface area contributed by atoms with Gasteiger partial charge < -0.3 is 5.53 Å². The van der Waals surface area contributed by atoms with Gasteiger partial charge in [0.15, 0.2) is 0 Å². The summed E-state index contributed by atoms with van der Waals surface area (Å²) in [5, 5.41) is 2.08. The van der Waals surface area contributed by atoms with Gasteiger partial charge in [-0.3, -0.25) is 0 Å². The zero-order valence-electron chi connectivity index (χ0n) is 10.7. The molecular weight excluding hydrogens is 236 g/mol. The van der Waals surface area contributed by atoms with Crippen LogP contribution in [0.2, 0.25) is 13.1 Å². The molecular formula is C15H16N2Si. The highest BCUT2D eigenvalue weighted by Crippen LogP contribution is 2.12. The number of benzene rings is 2. The highest BCUT2D eigenvalue weighted by molar-refractivity contribution is 7.14. The van der Waals surface area contributed by atoms with Crippen molar-refractivity contribution in [2.45, 2.75) is 13.1 Å². The molecule has 0 aliphatic carbocycles. The Kier molecular flexibility index (Phi) is 3.56. The van der Waals surface area contributed by atoms with Gasteiger partial charge in [-0.2, -0.15) is 4.79 Å². The van der Waals surface area contributed by atoms with Crippen molar-refractivity contribution in [1.29, 1.82) is 0 Å². The van der Waals surface area contributed by atoms with E-state index in [-0.39, 0.29) is 0 Å². The summed E-state index contributed by atoms with van der Waals surface area (Å²) in [5.74, 6) is 0. The molecule has 2 aromatic carbocycles. The summed E-state index contributed by atoms with van der Waals surface area (Å²) in [5.41, 5.74) is 10.4. The van der Waals surface area contributed by atoms with Crippen LogP contribution in [0.25, 0.3) is 5.53 Å². The molecule has 0 unspecified atom stereocenters. The summed E-state index contributed by atoms with van der Waals surface area (Å²) in [6, 6.07) is 20.2. The lowest BCUT2D eigenvalue weighted by Gasteiger charge is -2.17. The van der Waals surface area contributed by atoms with E-state index in [1.54, 1.807) is 0 Å². The van der Waals surface area contributed by atoms with Crippen molar-refractivity contribution in [2.75, 3.05) is 0 Å². The minimum atomic E-state index is -1.95. The predicted molar refractivity (Wildman–Crippen MR) is 77.7 cm³/mol. The summed E-state index contributed by atoms with van der Waals surface area (Å²) >= 11 is 0. The molecule has 18 heavy (non-hydrogen) atoms. The lowest BCUT2D eigenvalue weighted by atomic mass is 10.2. The van der Waals surface area contributed by atoms with Crippen molar-refractivity contribution in [2.24, 2.45) is 0 Å². The standard InChI is InChI=1S/C15H16N2Si/c1-18(2,14-11-7-4-8-12-14)15(17-16)13-9-5-3-6-10-13/h3-12H,1-2H3. The van der Waals surface area contributed by atoms with Crippen LogP contribution in [-0.4, -0.2) is 18.2 Å². The summed E-state index contributed by atoms with van der Waals surface area (Å²) in [4.78, 5) is 3.58. The molecule has 0 fully saturated rings. The van der Waals surface area contributed by atoms with Crippen LogP contribution in [0, 0.1) is 0 Å². The molecule has 0 radical (unpaired) electrons. The lowest BCUT2D eigenvalue weighted by molar-refractivity contribution is -0.000131. The normalized spacial score (nSPS) is 10.8. The fourth-order valence-corrected chi connectivity index (χ4v) is 4.57. The molecule has 2 rings (SSSR count). The molecule has 2 nitrogen and oxygen atoms in total. The van der Waals surface area contributed by atoms with Crippen molar-refractivity contribution in [3.05, 3.63) is 71.8 Å². The predicted octanol–water partition coefficient (Wildman–Crippen LogP) is 2.86. The summed E-state index contributed by atoms with van der Waals surface area (Å²) in [6.07, 6.45) is 0. The van der Waals surface area contributed by atoms with Crippen LogP contribution in [0.15, 0.2) is 60.7 Å². The minimum Gasteiger partial charge on any atom is -0.362 e. The van der Waals surface area contributed by atoms with Crippen molar-refractivity contribution in [3.63, 3.8) is 0 Å². The Morgan fingerprint density at radius 1 is 0.889 bits per heavy atom. The topological polar surface area (TPSA) is 36.4 Å². The molecule has 2 aromatic rings. The molecule has 0 heterocycles. The molecule has 0 N–H and O–H groups in total. The van der Waals surface area contributed by atoms with E-state index >= 15 is 0 Å². The second kappa shape index (κ2) is 5.13. The zero-order chi connectivity index (χ0) is 13.0. The number of rotatable bonds is 3. The van der Waals surface area contributed by atoms with Gasteiger partial charge in [0.2, 0.25) is 8.07 Å². The maximum atomic E-state index is 9.40. The van der Waals surface area contributed by atoms with Gasteiger partial charge >= 0.3 is 0 Å². The van der Waals surface area contributed by atoms with Crippen LogP contribution in [0.3, 0.4) is 0 Å². The van der Waals surface area contributed by atoms with Crippen LogP contribution < -0.4 is 5.19 Å². The molecule has 0 aliphatic rings. The Morgan fingerprint density at radius 3 is 1.89 bits per heavy atom. The minimum absolute atomic E-state index is 0.814. The van der Waals surface area contributed by atoms with Crippen LogP contribution in [0.5, 0.6) is 0 Å². The van der Waals surface area contributed by atoms with E-state index in [1.807, 2.05) is 48.5 Å². The van der Waals surface area contributed by atoms with E-state index < -0.39 is 8.07 Å². The fraction of sp³-hybridized carbons (Fsp3) is 0.133. The fourth-order valence-electron chi connectivity index (χ4n) is 2.13. The van der Waals surface area contributed by atoms with Crippen molar-refractivity contribution >= 4 is 18.6 Å². The molecule has 90 valence electrons. The van der Waals surface area contributed by atoms with E-state index in [9.17, 15) is 5.53 Å². The van der Waals surface area contributed by atoms with Crippen molar-refractivity contribution in [3.8, 4) is 0 Å². The van der Waals surface area contributed by atoms with Gasteiger partial charge in [-0.15, -0.1) is 0 Å². The quantitative estimate of drug-likeness (QED) is 0.349. The Hall–Kier alpha value is -1.96. The summed E-state index contributed by atoms with van der Waals surface area (Å²) in [6.45, 7) is 4.40. The second-order valence-electron chi connectivity index (χ2n) is 4.81. The van der Waals surface area contributed by atoms with Crippen LogP contribution in [-0.2, 0) is 0 Å². The Balaban J connectivity index is 2.50. The van der Waals surface area contributed by atoms with Gasteiger partial charge in [-0.05, 0) is 17.3 Å². The molecule has 0 saturated carbocycles. The molecule has 0 spiro atoms. The van der Waals surface area contributed by atoms with E-state index in [0.717, 1.165) is 10.9 Å². The first-order valence-corrected chi connectivity index (χ1v) is 8.99. The van der Waals surface area contributed by atoms with Gasteiger partial charge in [0.05, 0.1) is 5.56 Å².